The Bertz CT molecular complexity index is 1140. The van der Waals surface area contributed by atoms with Crippen molar-refractivity contribution in [2.75, 3.05) is 32.6 Å². The molecule has 0 radical (unpaired) electrons. The van der Waals surface area contributed by atoms with E-state index in [2.05, 4.69) is 28.4 Å². The normalized spacial score (nSPS) is 15.6. The molecule has 6 heteroatoms. The van der Waals surface area contributed by atoms with E-state index in [-0.39, 0.29) is 18.5 Å². The monoisotopic (exact) mass is 464 g/mol. The summed E-state index contributed by atoms with van der Waals surface area (Å²) in [6.45, 7) is 4.94. The van der Waals surface area contributed by atoms with E-state index in [9.17, 15) is 4.79 Å². The summed E-state index contributed by atoms with van der Waals surface area (Å²) in [7, 11) is 3.29. The van der Waals surface area contributed by atoms with Gasteiger partial charge in [-0.2, -0.15) is 0 Å². The summed E-state index contributed by atoms with van der Waals surface area (Å²) < 4.78 is 11.1. The molecule has 3 aromatic carbocycles. The first-order valence-electron chi connectivity index (χ1n) is 11.0. The fraction of sp³-hybridized carbons (Fsp3) is 0.296. The molecule has 1 atom stereocenters. The fourth-order valence-corrected chi connectivity index (χ4v) is 5.00. The highest BCUT2D eigenvalue weighted by atomic mass is 35.5. The van der Waals surface area contributed by atoms with Crippen LogP contribution in [0.25, 0.3) is 0 Å². The molecule has 172 valence electrons. The third kappa shape index (κ3) is 4.85. The molecule has 0 aromatic heterocycles. The van der Waals surface area contributed by atoms with E-state index in [1.807, 2.05) is 50.2 Å². The average molecular weight is 465 g/mol. The van der Waals surface area contributed by atoms with Gasteiger partial charge in [-0.25, -0.2) is 0 Å². The topological polar surface area (TPSA) is 50.8 Å². The number of amides is 1. The van der Waals surface area contributed by atoms with Crippen molar-refractivity contribution in [3.8, 4) is 11.5 Å². The predicted molar refractivity (Wildman–Crippen MR) is 133 cm³/mol. The molecule has 1 unspecified atom stereocenters. The molecule has 0 saturated heterocycles. The molecular weight excluding hydrogens is 436 g/mol. The highest BCUT2D eigenvalue weighted by Gasteiger charge is 2.31. The zero-order valence-electron chi connectivity index (χ0n) is 19.4. The first-order valence-corrected chi connectivity index (χ1v) is 11.4. The number of benzene rings is 3. The van der Waals surface area contributed by atoms with Crippen LogP contribution < -0.4 is 14.8 Å². The third-order valence-electron chi connectivity index (χ3n) is 6.13. The lowest BCUT2D eigenvalue weighted by Crippen LogP contribution is -2.41. The molecule has 4 rings (SSSR count). The molecule has 1 aliphatic rings. The molecule has 5 nitrogen and oxygen atoms in total. The van der Waals surface area contributed by atoms with Crippen LogP contribution in [0.2, 0.25) is 5.02 Å². The number of nitrogens with zero attached hydrogens (tertiary/aromatic N) is 1. The number of carbonyl (C=O) groups excluding carboxylic acids is 1. The first kappa shape index (κ1) is 23.1. The van der Waals surface area contributed by atoms with Crippen molar-refractivity contribution in [1.82, 2.24) is 4.90 Å². The Morgan fingerprint density at radius 2 is 1.76 bits per heavy atom. The fourth-order valence-electron chi connectivity index (χ4n) is 4.63. The molecule has 0 fully saturated rings. The van der Waals surface area contributed by atoms with Crippen molar-refractivity contribution in [3.05, 3.63) is 87.4 Å². The Labute approximate surface area is 200 Å². The summed E-state index contributed by atoms with van der Waals surface area (Å²) in [6.07, 6.45) is 0.816. The SMILES string of the molecule is COc1cc2c(cc1OC)C(c1ccccc1)N(CC(=O)Nc1c(C)cc(C)cc1Cl)CC2. The number of rotatable bonds is 6. The highest BCUT2D eigenvalue weighted by Crippen LogP contribution is 2.41. The largest absolute Gasteiger partial charge is 0.493 e. The summed E-state index contributed by atoms with van der Waals surface area (Å²) in [5.41, 5.74) is 6.15. The second kappa shape index (κ2) is 9.86. The number of aryl methyl sites for hydroxylation is 2. The van der Waals surface area contributed by atoms with Gasteiger partial charge in [-0.3, -0.25) is 9.69 Å². The smallest absolute Gasteiger partial charge is 0.238 e. The molecule has 3 aromatic rings. The predicted octanol–water partition coefficient (Wildman–Crippen LogP) is 5.56. The summed E-state index contributed by atoms with van der Waals surface area (Å²) >= 11 is 6.42. The Hall–Kier alpha value is -3.02. The highest BCUT2D eigenvalue weighted by molar-refractivity contribution is 6.34. The lowest BCUT2D eigenvalue weighted by molar-refractivity contribution is -0.117. The summed E-state index contributed by atoms with van der Waals surface area (Å²) in [6, 6.07) is 18.2. The standard InChI is InChI=1S/C27H29ClN2O3/c1-17-12-18(2)26(22(28)13-17)29-25(31)16-30-11-10-20-14-23(32-3)24(33-4)15-21(20)27(30)19-8-6-5-7-9-19/h5-9,12-15,27H,10-11,16H2,1-4H3,(H,29,31). The van der Waals surface area contributed by atoms with E-state index in [0.29, 0.717) is 16.5 Å². The van der Waals surface area contributed by atoms with Crippen LogP contribution in [0, 0.1) is 13.8 Å². The molecule has 1 heterocycles. The summed E-state index contributed by atoms with van der Waals surface area (Å²) in [4.78, 5) is 15.3. The molecule has 0 aliphatic carbocycles. The molecule has 33 heavy (non-hydrogen) atoms. The lowest BCUT2D eigenvalue weighted by Gasteiger charge is -2.37. The quantitative estimate of drug-likeness (QED) is 0.518. The number of hydrogen-bond acceptors (Lipinski definition) is 4. The Morgan fingerprint density at radius 1 is 1.06 bits per heavy atom. The van der Waals surface area contributed by atoms with Crippen LogP contribution in [0.15, 0.2) is 54.6 Å². The number of carbonyl (C=O) groups is 1. The van der Waals surface area contributed by atoms with Crippen LogP contribution in [0.5, 0.6) is 11.5 Å². The van der Waals surface area contributed by atoms with Crippen molar-refractivity contribution >= 4 is 23.2 Å². The molecule has 1 amide bonds. The Kier molecular flexibility index (Phi) is 6.91. The summed E-state index contributed by atoms with van der Waals surface area (Å²) in [5.74, 6) is 1.32. The summed E-state index contributed by atoms with van der Waals surface area (Å²) in [5, 5.41) is 3.59. The molecule has 1 N–H and O–H groups in total. The van der Waals surface area contributed by atoms with E-state index >= 15 is 0 Å². The number of hydrogen-bond donors (Lipinski definition) is 1. The molecule has 0 saturated carbocycles. The molecular formula is C27H29ClN2O3. The van der Waals surface area contributed by atoms with Gasteiger partial charge in [0.2, 0.25) is 5.91 Å². The van der Waals surface area contributed by atoms with Gasteiger partial charge < -0.3 is 14.8 Å². The number of fused-ring (bicyclic) bond motifs is 1. The van der Waals surface area contributed by atoms with Crippen molar-refractivity contribution in [2.45, 2.75) is 26.3 Å². The molecule has 0 spiro atoms. The van der Waals surface area contributed by atoms with Crippen LogP contribution in [0.3, 0.4) is 0 Å². The molecule has 1 aliphatic heterocycles. The van der Waals surface area contributed by atoms with E-state index in [1.165, 1.54) is 5.56 Å². The van der Waals surface area contributed by atoms with E-state index in [1.54, 1.807) is 14.2 Å². The van der Waals surface area contributed by atoms with Crippen LogP contribution in [0.1, 0.15) is 33.9 Å². The minimum absolute atomic E-state index is 0.0740. The van der Waals surface area contributed by atoms with E-state index in [0.717, 1.165) is 41.0 Å². The minimum atomic E-state index is -0.0892. The maximum absolute atomic E-state index is 13.1. The van der Waals surface area contributed by atoms with Gasteiger partial charge in [-0.1, -0.05) is 48.0 Å². The zero-order valence-corrected chi connectivity index (χ0v) is 20.2. The average Bonchev–Trinajstić information content (AvgIpc) is 2.80. The van der Waals surface area contributed by atoms with E-state index in [4.69, 9.17) is 21.1 Å². The van der Waals surface area contributed by atoms with Gasteiger partial charge >= 0.3 is 0 Å². The number of methoxy groups -OCH3 is 2. The van der Waals surface area contributed by atoms with Crippen LogP contribution in [-0.4, -0.2) is 38.1 Å². The minimum Gasteiger partial charge on any atom is -0.493 e. The first-order chi connectivity index (χ1) is 15.9. The Morgan fingerprint density at radius 3 is 2.42 bits per heavy atom. The molecule has 0 bridgehead atoms. The van der Waals surface area contributed by atoms with Crippen molar-refractivity contribution < 1.29 is 14.3 Å². The number of ether oxygens (including phenoxy) is 2. The third-order valence-corrected chi connectivity index (χ3v) is 6.43. The van der Waals surface area contributed by atoms with Gasteiger partial charge in [0.05, 0.1) is 37.5 Å². The van der Waals surface area contributed by atoms with E-state index < -0.39 is 0 Å². The number of nitrogens with one attached hydrogen (secondary N) is 1. The lowest BCUT2D eigenvalue weighted by atomic mass is 9.87. The van der Waals surface area contributed by atoms with Crippen molar-refractivity contribution in [2.24, 2.45) is 0 Å². The van der Waals surface area contributed by atoms with Crippen molar-refractivity contribution in [1.29, 1.82) is 0 Å². The van der Waals surface area contributed by atoms with Gasteiger partial charge in [0.1, 0.15) is 0 Å². The van der Waals surface area contributed by atoms with Crippen LogP contribution in [0.4, 0.5) is 5.69 Å². The van der Waals surface area contributed by atoms with Crippen LogP contribution >= 0.6 is 11.6 Å². The van der Waals surface area contributed by atoms with Crippen molar-refractivity contribution in [3.63, 3.8) is 0 Å². The zero-order chi connectivity index (χ0) is 23.5. The van der Waals surface area contributed by atoms with Gasteiger partial charge in [0.25, 0.3) is 0 Å². The second-order valence-corrected chi connectivity index (χ2v) is 8.83. The number of anilines is 1. The Balaban J connectivity index is 1.66. The second-order valence-electron chi connectivity index (χ2n) is 8.43. The van der Waals surface area contributed by atoms with Gasteiger partial charge in [0.15, 0.2) is 11.5 Å². The van der Waals surface area contributed by atoms with Gasteiger partial charge in [-0.05, 0) is 66.3 Å². The number of halogens is 1. The maximum Gasteiger partial charge on any atom is 0.238 e. The van der Waals surface area contributed by atoms with Crippen LogP contribution in [-0.2, 0) is 11.2 Å². The maximum atomic E-state index is 13.1. The van der Waals surface area contributed by atoms with Gasteiger partial charge in [-0.15, -0.1) is 0 Å². The van der Waals surface area contributed by atoms with Gasteiger partial charge in [0, 0.05) is 6.54 Å².